The summed E-state index contributed by atoms with van der Waals surface area (Å²) in [5.74, 6) is -0.722. The van der Waals surface area contributed by atoms with Crippen LogP contribution in [0.3, 0.4) is 0 Å². The number of carbonyl (C=O) groups excluding carboxylic acids is 1. The number of carboxylic acids is 1. The largest absolute Gasteiger partial charge is 0.478 e. The van der Waals surface area contributed by atoms with Gasteiger partial charge in [0.25, 0.3) is 0 Å². The standard InChI is InChI=1S/C19H28N2O3/c1-18(2,3)17(24)20-9-10-21(19(4,5)13-20)12-14-7-6-8-15(11-14)16(22)23/h6-8,11H,9-10,12-13H2,1-5H3,(H,22,23). The smallest absolute Gasteiger partial charge is 0.335 e. The number of aromatic carboxylic acids is 1. The van der Waals surface area contributed by atoms with E-state index in [4.69, 9.17) is 5.11 Å². The van der Waals surface area contributed by atoms with E-state index < -0.39 is 5.97 Å². The maximum atomic E-state index is 12.5. The fourth-order valence-electron chi connectivity index (χ4n) is 3.15. The van der Waals surface area contributed by atoms with Crippen LogP contribution in [0.4, 0.5) is 0 Å². The number of hydrogen-bond donors (Lipinski definition) is 1. The van der Waals surface area contributed by atoms with E-state index in [0.29, 0.717) is 25.2 Å². The van der Waals surface area contributed by atoms with Crippen LogP contribution < -0.4 is 0 Å². The molecule has 1 heterocycles. The van der Waals surface area contributed by atoms with Crippen LogP contribution in [0, 0.1) is 5.41 Å². The monoisotopic (exact) mass is 332 g/mol. The zero-order valence-electron chi connectivity index (χ0n) is 15.3. The summed E-state index contributed by atoms with van der Waals surface area (Å²) in [5.41, 5.74) is 0.775. The van der Waals surface area contributed by atoms with Gasteiger partial charge in [0.15, 0.2) is 0 Å². The van der Waals surface area contributed by atoms with Gasteiger partial charge in [-0.05, 0) is 31.5 Å². The molecule has 0 saturated carbocycles. The highest BCUT2D eigenvalue weighted by Gasteiger charge is 2.38. The second-order valence-electron chi connectivity index (χ2n) is 8.22. The summed E-state index contributed by atoms with van der Waals surface area (Å²) in [5, 5.41) is 9.13. The lowest BCUT2D eigenvalue weighted by Gasteiger charge is -2.48. The predicted octanol–water partition coefficient (Wildman–Crippen LogP) is 2.85. The minimum Gasteiger partial charge on any atom is -0.478 e. The Balaban J connectivity index is 2.10. The number of nitrogens with zero attached hydrogens (tertiary/aromatic N) is 2. The number of carbonyl (C=O) groups is 2. The van der Waals surface area contributed by atoms with Crippen molar-refractivity contribution in [3.63, 3.8) is 0 Å². The van der Waals surface area contributed by atoms with Crippen LogP contribution in [0.1, 0.15) is 50.5 Å². The highest BCUT2D eigenvalue weighted by Crippen LogP contribution is 2.27. The van der Waals surface area contributed by atoms with Gasteiger partial charge in [0.1, 0.15) is 0 Å². The maximum Gasteiger partial charge on any atom is 0.335 e. The van der Waals surface area contributed by atoms with E-state index in [2.05, 4.69) is 18.7 Å². The zero-order chi connectivity index (χ0) is 18.1. The Morgan fingerprint density at radius 1 is 1.21 bits per heavy atom. The normalized spacial score (nSPS) is 18.5. The quantitative estimate of drug-likeness (QED) is 0.924. The third-order valence-electron chi connectivity index (χ3n) is 4.55. The summed E-state index contributed by atoms with van der Waals surface area (Å²) in [6, 6.07) is 7.07. The van der Waals surface area contributed by atoms with E-state index in [9.17, 15) is 9.59 Å². The van der Waals surface area contributed by atoms with E-state index in [-0.39, 0.29) is 16.9 Å². The fourth-order valence-corrected chi connectivity index (χ4v) is 3.15. The van der Waals surface area contributed by atoms with Gasteiger partial charge in [-0.2, -0.15) is 0 Å². The molecular formula is C19H28N2O3. The van der Waals surface area contributed by atoms with Crippen molar-refractivity contribution < 1.29 is 14.7 Å². The number of hydrogen-bond acceptors (Lipinski definition) is 3. The summed E-state index contributed by atoms with van der Waals surface area (Å²) in [4.78, 5) is 27.9. The molecule has 132 valence electrons. The van der Waals surface area contributed by atoms with Gasteiger partial charge in [0.05, 0.1) is 5.56 Å². The van der Waals surface area contributed by atoms with Crippen molar-refractivity contribution in [3.8, 4) is 0 Å². The van der Waals surface area contributed by atoms with Crippen LogP contribution >= 0.6 is 0 Å². The molecule has 1 saturated heterocycles. The van der Waals surface area contributed by atoms with Crippen molar-refractivity contribution in [2.75, 3.05) is 19.6 Å². The van der Waals surface area contributed by atoms with Gasteiger partial charge in [-0.15, -0.1) is 0 Å². The number of benzene rings is 1. The van der Waals surface area contributed by atoms with Crippen molar-refractivity contribution in [1.29, 1.82) is 0 Å². The number of carboxylic acid groups (broad SMARTS) is 1. The molecule has 0 unspecified atom stereocenters. The molecule has 0 atom stereocenters. The van der Waals surface area contributed by atoms with Crippen molar-refractivity contribution in [2.24, 2.45) is 5.41 Å². The van der Waals surface area contributed by atoms with Gasteiger partial charge in [-0.3, -0.25) is 9.69 Å². The molecule has 1 aromatic rings. The van der Waals surface area contributed by atoms with Gasteiger partial charge in [-0.25, -0.2) is 4.79 Å². The van der Waals surface area contributed by atoms with Crippen molar-refractivity contribution in [2.45, 2.75) is 46.7 Å². The fraction of sp³-hybridized carbons (Fsp3) is 0.579. The van der Waals surface area contributed by atoms with E-state index in [0.717, 1.165) is 12.1 Å². The van der Waals surface area contributed by atoms with Crippen molar-refractivity contribution in [3.05, 3.63) is 35.4 Å². The molecule has 1 aromatic carbocycles. The van der Waals surface area contributed by atoms with Gasteiger partial charge >= 0.3 is 5.97 Å². The lowest BCUT2D eigenvalue weighted by Crippen LogP contribution is -2.61. The van der Waals surface area contributed by atoms with Crippen LogP contribution in [0.15, 0.2) is 24.3 Å². The lowest BCUT2D eigenvalue weighted by atomic mass is 9.91. The van der Waals surface area contributed by atoms with Crippen LogP contribution in [-0.4, -0.2) is 52.0 Å². The SMILES string of the molecule is CC(C)(C)C(=O)N1CCN(Cc2cccc(C(=O)O)c2)C(C)(C)C1. The Bertz CT molecular complexity index is 632. The second-order valence-corrected chi connectivity index (χ2v) is 8.22. The Hall–Kier alpha value is -1.88. The number of amides is 1. The summed E-state index contributed by atoms with van der Waals surface area (Å²) in [6.07, 6.45) is 0. The summed E-state index contributed by atoms with van der Waals surface area (Å²) in [7, 11) is 0. The molecule has 0 bridgehead atoms. The first kappa shape index (κ1) is 18.5. The molecule has 0 spiro atoms. The molecule has 5 heteroatoms. The van der Waals surface area contributed by atoms with Crippen LogP contribution in [-0.2, 0) is 11.3 Å². The number of rotatable bonds is 3. The first-order chi connectivity index (χ1) is 11.0. The summed E-state index contributed by atoms with van der Waals surface area (Å²) < 4.78 is 0. The molecule has 0 radical (unpaired) electrons. The molecule has 1 amide bonds. The van der Waals surface area contributed by atoms with E-state index in [1.54, 1.807) is 18.2 Å². The van der Waals surface area contributed by atoms with Crippen LogP contribution in [0.2, 0.25) is 0 Å². The Morgan fingerprint density at radius 3 is 2.42 bits per heavy atom. The molecule has 1 N–H and O–H groups in total. The van der Waals surface area contributed by atoms with Crippen LogP contribution in [0.5, 0.6) is 0 Å². The molecule has 0 aromatic heterocycles. The molecule has 0 aliphatic carbocycles. The molecule has 1 aliphatic heterocycles. The molecule has 5 nitrogen and oxygen atoms in total. The number of piperazine rings is 1. The third-order valence-corrected chi connectivity index (χ3v) is 4.55. The molecule has 1 fully saturated rings. The minimum atomic E-state index is -0.906. The maximum absolute atomic E-state index is 12.5. The molecule has 24 heavy (non-hydrogen) atoms. The van der Waals surface area contributed by atoms with E-state index in [1.165, 1.54) is 0 Å². The third kappa shape index (κ3) is 4.15. The second kappa shape index (κ2) is 6.55. The predicted molar refractivity (Wildman–Crippen MR) is 93.9 cm³/mol. The van der Waals surface area contributed by atoms with Crippen LogP contribution in [0.25, 0.3) is 0 Å². The average molecular weight is 332 g/mol. The first-order valence-electron chi connectivity index (χ1n) is 8.37. The summed E-state index contributed by atoms with van der Waals surface area (Å²) >= 11 is 0. The molecule has 1 aliphatic rings. The van der Waals surface area contributed by atoms with E-state index >= 15 is 0 Å². The Morgan fingerprint density at radius 2 is 1.88 bits per heavy atom. The summed E-state index contributed by atoms with van der Waals surface area (Å²) in [6.45, 7) is 13.0. The molecule has 2 rings (SSSR count). The average Bonchev–Trinajstić information content (AvgIpc) is 2.47. The highest BCUT2D eigenvalue weighted by atomic mass is 16.4. The van der Waals surface area contributed by atoms with Gasteiger partial charge in [-0.1, -0.05) is 32.9 Å². The Labute approximate surface area is 144 Å². The first-order valence-corrected chi connectivity index (χ1v) is 8.37. The van der Waals surface area contributed by atoms with Crippen molar-refractivity contribution in [1.82, 2.24) is 9.80 Å². The van der Waals surface area contributed by atoms with Gasteiger partial charge in [0, 0.05) is 37.1 Å². The lowest BCUT2D eigenvalue weighted by molar-refractivity contribution is -0.144. The highest BCUT2D eigenvalue weighted by molar-refractivity contribution is 5.87. The minimum absolute atomic E-state index is 0.154. The van der Waals surface area contributed by atoms with Crippen molar-refractivity contribution >= 4 is 11.9 Å². The zero-order valence-corrected chi connectivity index (χ0v) is 15.3. The Kier molecular flexibility index (Phi) is 5.04. The topological polar surface area (TPSA) is 60.9 Å². The van der Waals surface area contributed by atoms with E-state index in [1.807, 2.05) is 31.7 Å². The van der Waals surface area contributed by atoms with Gasteiger partial charge < -0.3 is 10.0 Å². The molecular weight excluding hydrogens is 304 g/mol. The van der Waals surface area contributed by atoms with Gasteiger partial charge in [0.2, 0.25) is 5.91 Å².